The van der Waals surface area contributed by atoms with Crippen LogP contribution in [-0.4, -0.2) is 32.9 Å². The van der Waals surface area contributed by atoms with Gasteiger partial charge in [0, 0.05) is 6.54 Å². The highest BCUT2D eigenvalue weighted by Crippen LogP contribution is 2.14. The molecule has 1 atom stereocenters. The smallest absolute Gasteiger partial charge is 0.341 e. The number of aryl methyl sites for hydroxylation is 1. The minimum Gasteiger partial charge on any atom is -0.370 e. The van der Waals surface area contributed by atoms with Crippen LogP contribution in [0.5, 0.6) is 0 Å². The first kappa shape index (κ1) is 17.9. The number of carbonyl (C=O) groups is 1. The van der Waals surface area contributed by atoms with Gasteiger partial charge in [-0.05, 0) is 31.9 Å². The summed E-state index contributed by atoms with van der Waals surface area (Å²) in [5.74, 6) is -1.19. The number of guanidine groups is 1. The molecule has 0 aliphatic heterocycles. The van der Waals surface area contributed by atoms with Gasteiger partial charge in [0.1, 0.15) is 10.9 Å². The Balaban J connectivity index is 2.55. The van der Waals surface area contributed by atoms with Crippen LogP contribution in [-0.2, 0) is 19.1 Å². The van der Waals surface area contributed by atoms with Crippen molar-refractivity contribution < 1.29 is 17.4 Å². The summed E-state index contributed by atoms with van der Waals surface area (Å²) < 4.78 is 28.4. The fraction of sp³-hybridized carbons (Fsp3) is 0.385. The van der Waals surface area contributed by atoms with E-state index in [1.54, 1.807) is 12.1 Å². The summed E-state index contributed by atoms with van der Waals surface area (Å²) in [6.07, 6.45) is 0.656. The molecule has 122 valence electrons. The highest BCUT2D eigenvalue weighted by molar-refractivity contribution is 7.87. The van der Waals surface area contributed by atoms with Gasteiger partial charge in [-0.15, -0.1) is 0 Å². The van der Waals surface area contributed by atoms with E-state index in [1.807, 2.05) is 6.92 Å². The second-order valence-electron chi connectivity index (χ2n) is 4.76. The molecule has 9 heteroatoms. The van der Waals surface area contributed by atoms with E-state index in [4.69, 9.17) is 16.9 Å². The van der Waals surface area contributed by atoms with Crippen molar-refractivity contribution in [3.8, 4) is 0 Å². The van der Waals surface area contributed by atoms with E-state index >= 15 is 0 Å². The van der Waals surface area contributed by atoms with Crippen LogP contribution >= 0.6 is 0 Å². The fourth-order valence-corrected chi connectivity index (χ4v) is 2.49. The molecule has 0 aliphatic rings. The van der Waals surface area contributed by atoms with Gasteiger partial charge in [-0.25, -0.2) is 4.79 Å². The van der Waals surface area contributed by atoms with Gasteiger partial charge in [0.15, 0.2) is 5.96 Å². The van der Waals surface area contributed by atoms with Crippen molar-refractivity contribution in [1.29, 1.82) is 5.41 Å². The zero-order valence-electron chi connectivity index (χ0n) is 12.2. The lowest BCUT2D eigenvalue weighted by Crippen LogP contribution is -2.36. The van der Waals surface area contributed by atoms with Gasteiger partial charge in [0.25, 0.3) is 0 Å². The lowest BCUT2D eigenvalue weighted by Gasteiger charge is -2.11. The summed E-state index contributed by atoms with van der Waals surface area (Å²) in [4.78, 5) is 11.6. The molecule has 0 fully saturated rings. The zero-order valence-corrected chi connectivity index (χ0v) is 13.0. The molecule has 1 rings (SSSR count). The predicted octanol–water partition coefficient (Wildman–Crippen LogP) is -0.183. The number of rotatable bonds is 7. The first-order valence-electron chi connectivity index (χ1n) is 6.61. The monoisotopic (exact) mass is 328 g/mol. The van der Waals surface area contributed by atoms with Crippen LogP contribution in [0, 0.1) is 12.3 Å². The van der Waals surface area contributed by atoms with Gasteiger partial charge in [0.05, 0.1) is 0 Å². The van der Waals surface area contributed by atoms with Gasteiger partial charge < -0.3 is 21.0 Å². The Labute approximate surface area is 129 Å². The van der Waals surface area contributed by atoms with E-state index in [0.717, 1.165) is 5.56 Å². The topological polar surface area (TPSA) is 148 Å². The molecule has 1 aromatic rings. The minimum absolute atomic E-state index is 0.100. The highest BCUT2D eigenvalue weighted by Gasteiger charge is 2.24. The Hall–Kier alpha value is -2.13. The maximum absolute atomic E-state index is 11.9. The molecule has 0 bridgehead atoms. The van der Waals surface area contributed by atoms with Gasteiger partial charge in [0.2, 0.25) is 0 Å². The maximum atomic E-state index is 11.9. The Morgan fingerprint density at radius 2 is 1.95 bits per heavy atom. The van der Waals surface area contributed by atoms with Crippen molar-refractivity contribution in [3.63, 3.8) is 0 Å². The van der Waals surface area contributed by atoms with Gasteiger partial charge >= 0.3 is 16.1 Å². The van der Waals surface area contributed by atoms with Crippen LogP contribution in [0.15, 0.2) is 29.2 Å². The van der Waals surface area contributed by atoms with Crippen molar-refractivity contribution in [2.24, 2.45) is 11.5 Å². The standard InChI is InChI=1S/C13H20N4O4S/c1-9-4-6-10(7-5-9)22(19,20)21-12(18)11(14)3-2-8-17-13(15)16/h4-7,11H,2-3,8,14H2,1H3,(H4,15,16,17)/t11-/m0/s1. The van der Waals surface area contributed by atoms with Crippen LogP contribution in [0.4, 0.5) is 0 Å². The lowest BCUT2D eigenvalue weighted by molar-refractivity contribution is -0.135. The van der Waals surface area contributed by atoms with Crippen molar-refractivity contribution in [1.82, 2.24) is 5.32 Å². The second kappa shape index (κ2) is 7.76. The van der Waals surface area contributed by atoms with E-state index in [-0.39, 0.29) is 17.3 Å². The molecule has 22 heavy (non-hydrogen) atoms. The second-order valence-corrected chi connectivity index (χ2v) is 6.31. The average molecular weight is 328 g/mol. The van der Waals surface area contributed by atoms with Gasteiger partial charge in [-0.3, -0.25) is 5.41 Å². The fourth-order valence-electron chi connectivity index (χ4n) is 1.59. The molecule has 0 amide bonds. The molecule has 0 heterocycles. The number of benzene rings is 1. The average Bonchev–Trinajstić information content (AvgIpc) is 2.43. The van der Waals surface area contributed by atoms with Crippen LogP contribution in [0.2, 0.25) is 0 Å². The Morgan fingerprint density at radius 1 is 1.36 bits per heavy atom. The summed E-state index contributed by atoms with van der Waals surface area (Å²) in [6.45, 7) is 2.18. The summed E-state index contributed by atoms with van der Waals surface area (Å²) in [7, 11) is -4.16. The molecule has 0 spiro atoms. The van der Waals surface area contributed by atoms with Crippen LogP contribution < -0.4 is 16.8 Å². The van der Waals surface area contributed by atoms with E-state index in [9.17, 15) is 13.2 Å². The van der Waals surface area contributed by atoms with Gasteiger partial charge in [-0.2, -0.15) is 8.42 Å². The molecule has 0 saturated heterocycles. The summed E-state index contributed by atoms with van der Waals surface area (Å²) >= 11 is 0. The third kappa shape index (κ3) is 5.70. The Morgan fingerprint density at radius 3 is 2.50 bits per heavy atom. The predicted molar refractivity (Wildman–Crippen MR) is 81.6 cm³/mol. The molecule has 0 radical (unpaired) electrons. The largest absolute Gasteiger partial charge is 0.370 e. The number of hydrogen-bond donors (Lipinski definition) is 4. The molecule has 0 unspecified atom stereocenters. The van der Waals surface area contributed by atoms with E-state index in [0.29, 0.717) is 13.0 Å². The third-order valence-corrected chi connectivity index (χ3v) is 4.04. The number of nitrogens with one attached hydrogen (secondary N) is 2. The zero-order chi connectivity index (χ0) is 16.8. The molecular weight excluding hydrogens is 308 g/mol. The third-order valence-electron chi connectivity index (χ3n) is 2.81. The highest BCUT2D eigenvalue weighted by atomic mass is 32.2. The molecule has 8 nitrogen and oxygen atoms in total. The summed E-state index contributed by atoms with van der Waals surface area (Å²) in [5.41, 5.74) is 11.6. The van der Waals surface area contributed by atoms with E-state index < -0.39 is 22.1 Å². The molecule has 6 N–H and O–H groups in total. The number of hydrogen-bond acceptors (Lipinski definition) is 6. The van der Waals surface area contributed by atoms with Gasteiger partial charge in [-0.1, -0.05) is 17.7 Å². The van der Waals surface area contributed by atoms with Crippen molar-refractivity contribution in [2.75, 3.05) is 6.54 Å². The molecule has 1 aromatic carbocycles. The Kier molecular flexibility index (Phi) is 6.32. The quantitative estimate of drug-likeness (QED) is 0.235. The summed E-state index contributed by atoms with van der Waals surface area (Å²) in [5, 5.41) is 9.51. The molecular formula is C13H20N4O4S. The number of nitrogens with two attached hydrogens (primary N) is 2. The summed E-state index contributed by atoms with van der Waals surface area (Å²) in [6, 6.07) is 4.87. The molecule has 0 aliphatic carbocycles. The Bertz CT molecular complexity index is 628. The number of carbonyl (C=O) groups excluding carboxylic acids is 1. The minimum atomic E-state index is -4.16. The van der Waals surface area contributed by atoms with Crippen LogP contribution in [0.25, 0.3) is 0 Å². The maximum Gasteiger partial charge on any atom is 0.341 e. The van der Waals surface area contributed by atoms with Crippen molar-refractivity contribution in [3.05, 3.63) is 29.8 Å². The normalized spacial score (nSPS) is 12.5. The lowest BCUT2D eigenvalue weighted by atomic mass is 10.2. The molecule has 0 aromatic heterocycles. The van der Waals surface area contributed by atoms with E-state index in [2.05, 4.69) is 9.50 Å². The first-order valence-corrected chi connectivity index (χ1v) is 8.01. The molecule has 0 saturated carbocycles. The first-order chi connectivity index (χ1) is 10.2. The van der Waals surface area contributed by atoms with Crippen LogP contribution in [0.3, 0.4) is 0 Å². The van der Waals surface area contributed by atoms with Crippen molar-refractivity contribution >= 4 is 22.0 Å². The van der Waals surface area contributed by atoms with Crippen molar-refractivity contribution in [2.45, 2.75) is 30.7 Å². The van der Waals surface area contributed by atoms with E-state index in [1.165, 1.54) is 12.1 Å². The SMILES string of the molecule is Cc1ccc(S(=O)(=O)OC(=O)[C@@H](N)CCCNC(=N)N)cc1. The van der Waals surface area contributed by atoms with Crippen LogP contribution in [0.1, 0.15) is 18.4 Å².